The average molecular weight is 677 g/mol. The van der Waals surface area contributed by atoms with E-state index in [1.807, 2.05) is 12.1 Å². The van der Waals surface area contributed by atoms with Crippen LogP contribution in [0.1, 0.15) is 25.0 Å². The Morgan fingerprint density at radius 3 is 1.66 bits per heavy atom. The number of nitrogens with zero attached hydrogens (tertiary/aromatic N) is 2. The summed E-state index contributed by atoms with van der Waals surface area (Å²) in [5.41, 5.74) is 15.1. The van der Waals surface area contributed by atoms with Gasteiger partial charge in [-0.05, 0) is 78.2 Å². The summed E-state index contributed by atoms with van der Waals surface area (Å²) in [7, 11) is 0. The van der Waals surface area contributed by atoms with E-state index in [9.17, 15) is 0 Å². The van der Waals surface area contributed by atoms with Crippen LogP contribution >= 0.6 is 0 Å². The zero-order valence-electron chi connectivity index (χ0n) is 29.7. The molecule has 0 saturated heterocycles. The molecule has 0 N–H and O–H groups in total. The lowest BCUT2D eigenvalue weighted by Gasteiger charge is -2.22. The van der Waals surface area contributed by atoms with Gasteiger partial charge in [0.15, 0.2) is 5.82 Å². The lowest BCUT2D eigenvalue weighted by atomic mass is 9.81. The van der Waals surface area contributed by atoms with Crippen LogP contribution in [-0.2, 0) is 5.41 Å². The number of hydrogen-bond donors (Lipinski definition) is 0. The first-order chi connectivity index (χ1) is 26.0. The fourth-order valence-corrected chi connectivity index (χ4v) is 8.38. The van der Waals surface area contributed by atoms with Crippen molar-refractivity contribution in [3.05, 3.63) is 193 Å². The van der Waals surface area contributed by atoms with Crippen molar-refractivity contribution in [2.24, 2.45) is 0 Å². The Hall–Kier alpha value is -6.64. The summed E-state index contributed by atoms with van der Waals surface area (Å²) in [5.74, 6) is 0.709. The SMILES string of the molecule is CC1(C)c2ccc(-c3ccc(-c4cc(-c5ccccc5)nc(-c5ccc(-c6ccccc6)cc5)n4)c4ccccc34)cc2-c2c1ccc1ccccc21. The van der Waals surface area contributed by atoms with Crippen molar-refractivity contribution in [2.45, 2.75) is 19.3 Å². The van der Waals surface area contributed by atoms with Crippen molar-refractivity contribution in [2.75, 3.05) is 0 Å². The van der Waals surface area contributed by atoms with Crippen LogP contribution in [-0.4, -0.2) is 9.97 Å². The number of hydrogen-bond acceptors (Lipinski definition) is 2. The molecule has 250 valence electrons. The summed E-state index contributed by atoms with van der Waals surface area (Å²) >= 11 is 0. The summed E-state index contributed by atoms with van der Waals surface area (Å²) in [6.45, 7) is 4.71. The largest absolute Gasteiger partial charge is 0.228 e. The van der Waals surface area contributed by atoms with E-state index in [1.165, 1.54) is 66.1 Å². The van der Waals surface area contributed by atoms with Gasteiger partial charge in [0.1, 0.15) is 0 Å². The minimum Gasteiger partial charge on any atom is -0.228 e. The van der Waals surface area contributed by atoms with Crippen LogP contribution < -0.4 is 0 Å². The Morgan fingerprint density at radius 2 is 0.906 bits per heavy atom. The second kappa shape index (κ2) is 12.3. The van der Waals surface area contributed by atoms with Crippen LogP contribution in [0, 0.1) is 0 Å². The minimum atomic E-state index is -0.0673. The summed E-state index contributed by atoms with van der Waals surface area (Å²) in [5, 5.41) is 4.97. The standard InChI is InChI=1S/C51H36N2/c1-51(2)45-29-26-38(31-44(45)49-40-18-10-9-15-35(40)25-30-46(49)51)39-27-28-43(42-20-12-11-19-41(39)42)48-32-47(36-16-7-4-8-17-36)52-50(53-48)37-23-21-34(22-24-37)33-13-5-3-6-14-33/h3-32H,1-2H3. The Kier molecular flexibility index (Phi) is 7.19. The van der Waals surface area contributed by atoms with E-state index in [-0.39, 0.29) is 5.41 Å². The highest BCUT2D eigenvalue weighted by Gasteiger charge is 2.36. The molecule has 1 heterocycles. The van der Waals surface area contributed by atoms with Gasteiger partial charge in [0.05, 0.1) is 11.4 Å². The van der Waals surface area contributed by atoms with Crippen molar-refractivity contribution >= 4 is 21.5 Å². The molecule has 2 nitrogen and oxygen atoms in total. The third kappa shape index (κ3) is 5.18. The van der Waals surface area contributed by atoms with E-state index in [2.05, 4.69) is 184 Å². The Labute approximate surface area is 310 Å². The monoisotopic (exact) mass is 676 g/mol. The van der Waals surface area contributed by atoms with Crippen LogP contribution in [0.25, 0.3) is 88.8 Å². The Bertz CT molecular complexity index is 2830. The molecule has 0 unspecified atom stereocenters. The molecule has 0 bridgehead atoms. The molecule has 10 rings (SSSR count). The zero-order chi connectivity index (χ0) is 35.5. The summed E-state index contributed by atoms with van der Waals surface area (Å²) in [4.78, 5) is 10.4. The fraction of sp³-hybridized carbons (Fsp3) is 0.0588. The normalized spacial score (nSPS) is 12.9. The van der Waals surface area contributed by atoms with Gasteiger partial charge in [0.25, 0.3) is 0 Å². The molecule has 0 radical (unpaired) electrons. The maximum atomic E-state index is 5.26. The smallest absolute Gasteiger partial charge is 0.160 e. The van der Waals surface area contributed by atoms with E-state index in [1.54, 1.807) is 0 Å². The highest BCUT2D eigenvalue weighted by molar-refractivity contribution is 6.07. The molecule has 1 aromatic heterocycles. The van der Waals surface area contributed by atoms with Gasteiger partial charge in [-0.1, -0.05) is 184 Å². The highest BCUT2D eigenvalue weighted by Crippen LogP contribution is 2.52. The van der Waals surface area contributed by atoms with Crippen molar-refractivity contribution in [1.82, 2.24) is 9.97 Å². The van der Waals surface area contributed by atoms with E-state index < -0.39 is 0 Å². The molecule has 0 amide bonds. The molecule has 0 fully saturated rings. The van der Waals surface area contributed by atoms with Crippen LogP contribution in [0.3, 0.4) is 0 Å². The molecule has 2 heteroatoms. The highest BCUT2D eigenvalue weighted by atomic mass is 14.9. The van der Waals surface area contributed by atoms with Crippen LogP contribution in [0.4, 0.5) is 0 Å². The maximum Gasteiger partial charge on any atom is 0.160 e. The molecule has 53 heavy (non-hydrogen) atoms. The van der Waals surface area contributed by atoms with E-state index >= 15 is 0 Å². The maximum absolute atomic E-state index is 5.26. The van der Waals surface area contributed by atoms with E-state index in [0.717, 1.165) is 28.1 Å². The molecule has 9 aromatic rings. The first-order valence-corrected chi connectivity index (χ1v) is 18.3. The molecular weight excluding hydrogens is 641 g/mol. The molecule has 0 aliphatic heterocycles. The van der Waals surface area contributed by atoms with E-state index in [4.69, 9.17) is 9.97 Å². The summed E-state index contributed by atoms with van der Waals surface area (Å²) < 4.78 is 0. The van der Waals surface area contributed by atoms with Crippen molar-refractivity contribution in [1.29, 1.82) is 0 Å². The quantitative estimate of drug-likeness (QED) is 0.181. The van der Waals surface area contributed by atoms with Gasteiger partial charge in [-0.25, -0.2) is 9.97 Å². The number of benzene rings is 8. The number of rotatable bonds is 5. The van der Waals surface area contributed by atoms with Gasteiger partial charge in [0.2, 0.25) is 0 Å². The summed E-state index contributed by atoms with van der Waals surface area (Å²) in [6.07, 6.45) is 0. The molecule has 1 aliphatic rings. The van der Waals surface area contributed by atoms with Crippen molar-refractivity contribution in [3.63, 3.8) is 0 Å². The molecule has 8 aromatic carbocycles. The topological polar surface area (TPSA) is 25.8 Å². The fourth-order valence-electron chi connectivity index (χ4n) is 8.38. The van der Waals surface area contributed by atoms with Gasteiger partial charge in [-0.3, -0.25) is 0 Å². The molecule has 0 saturated carbocycles. The van der Waals surface area contributed by atoms with Gasteiger partial charge >= 0.3 is 0 Å². The molecule has 1 aliphatic carbocycles. The van der Waals surface area contributed by atoms with Gasteiger partial charge in [0, 0.05) is 22.1 Å². The van der Waals surface area contributed by atoms with E-state index in [0.29, 0.717) is 5.82 Å². The third-order valence-corrected chi connectivity index (χ3v) is 11.1. The number of fused-ring (bicyclic) bond motifs is 6. The lowest BCUT2D eigenvalue weighted by molar-refractivity contribution is 0.661. The first-order valence-electron chi connectivity index (χ1n) is 18.3. The Balaban J connectivity index is 1.12. The lowest BCUT2D eigenvalue weighted by Crippen LogP contribution is -2.14. The van der Waals surface area contributed by atoms with Crippen molar-refractivity contribution in [3.8, 4) is 67.3 Å². The average Bonchev–Trinajstić information content (AvgIpc) is 3.46. The van der Waals surface area contributed by atoms with Crippen LogP contribution in [0.15, 0.2) is 182 Å². The first kappa shape index (κ1) is 31.1. The van der Waals surface area contributed by atoms with Crippen molar-refractivity contribution < 1.29 is 0 Å². The second-order valence-corrected chi connectivity index (χ2v) is 14.6. The van der Waals surface area contributed by atoms with Gasteiger partial charge in [-0.15, -0.1) is 0 Å². The Morgan fingerprint density at radius 1 is 0.358 bits per heavy atom. The van der Waals surface area contributed by atoms with Gasteiger partial charge < -0.3 is 0 Å². The number of aromatic nitrogens is 2. The molecule has 0 spiro atoms. The third-order valence-electron chi connectivity index (χ3n) is 11.1. The predicted octanol–water partition coefficient (Wildman–Crippen LogP) is 13.4. The summed E-state index contributed by atoms with van der Waals surface area (Å²) in [6, 6.07) is 65.3. The second-order valence-electron chi connectivity index (χ2n) is 14.6. The predicted molar refractivity (Wildman–Crippen MR) is 222 cm³/mol. The molecule has 0 atom stereocenters. The minimum absolute atomic E-state index is 0.0673. The molecular formula is C51H36N2. The van der Waals surface area contributed by atoms with Gasteiger partial charge in [-0.2, -0.15) is 0 Å². The van der Waals surface area contributed by atoms with Crippen LogP contribution in [0.2, 0.25) is 0 Å². The van der Waals surface area contributed by atoms with Crippen LogP contribution in [0.5, 0.6) is 0 Å². The zero-order valence-corrected chi connectivity index (χ0v) is 29.7.